The Balaban J connectivity index is 0.000000122. The molecule has 16 aromatic rings. The zero-order valence-electron chi connectivity index (χ0n) is 81.0. The highest BCUT2D eigenvalue weighted by atomic mass is 31.1. The van der Waals surface area contributed by atoms with Gasteiger partial charge in [0.1, 0.15) is 0 Å². The molecule has 11 atom stereocenters. The Hall–Kier alpha value is -9.04. The van der Waals surface area contributed by atoms with Crippen molar-refractivity contribution in [3.05, 3.63) is 485 Å². The smallest absolute Gasteiger partial charge is 0.00659 e. The summed E-state index contributed by atoms with van der Waals surface area (Å²) >= 11 is 0. The third-order valence-corrected chi connectivity index (χ3v) is 54.0. The van der Waals surface area contributed by atoms with Gasteiger partial charge in [0.15, 0.2) is 0 Å². The molecule has 0 nitrogen and oxygen atoms in total. The molecule has 0 radical (unpaired) electrons. The van der Waals surface area contributed by atoms with E-state index in [9.17, 15) is 0 Å². The first kappa shape index (κ1) is 99.1. The second-order valence-corrected chi connectivity index (χ2v) is 58.0. The van der Waals surface area contributed by atoms with E-state index >= 15 is 0 Å². The molecule has 0 heterocycles. The Morgan fingerprint density at radius 1 is 0.188 bits per heavy atom. The molecule has 0 saturated heterocycles. The fourth-order valence-electron chi connectivity index (χ4n) is 24.0. The van der Waals surface area contributed by atoms with Gasteiger partial charge in [0.25, 0.3) is 0 Å². The van der Waals surface area contributed by atoms with Crippen LogP contribution < -0.4 is 84.9 Å². The molecular formula is C130H138P8. The van der Waals surface area contributed by atoms with Crippen molar-refractivity contribution in [1.29, 1.82) is 0 Å². The SMILES string of the molecule is CC(C)C([C@H]1CCCC1P(c1ccccc1)c1ccccc1)P(c1ccccc1)c1ccccc1.CC([C@H]1CCCC1P(c1ccccc1)c1ccccc1)P(c1ccccc1)c1ccccc1.c1ccc(P(C[C@H]2CCCC2P(c2ccccc2)c2ccccc2)c2ccccc2)cc1.c1ccc(P(c2ccccc2)C2CCC[C@@H]2C(C2CCCCC2)P(c2ccccc2)c2ccccc2)cc1. The van der Waals surface area contributed by atoms with Gasteiger partial charge in [0.05, 0.1) is 0 Å². The molecule has 0 bridgehead atoms. The van der Waals surface area contributed by atoms with E-state index in [1.54, 1.807) is 21.2 Å². The summed E-state index contributed by atoms with van der Waals surface area (Å²) in [5, 5.41) is 24.6. The molecular weight excluding hydrogens is 1810 g/mol. The van der Waals surface area contributed by atoms with E-state index in [1.807, 2.05) is 0 Å². The van der Waals surface area contributed by atoms with Crippen LogP contribution in [0.1, 0.15) is 130 Å². The monoisotopic (exact) mass is 1950 g/mol. The number of hydrogen-bond acceptors (Lipinski definition) is 0. The molecule has 5 aliphatic carbocycles. The third-order valence-electron chi connectivity index (χ3n) is 29.9. The summed E-state index contributed by atoms with van der Waals surface area (Å²) < 4.78 is 0. The predicted molar refractivity (Wildman–Crippen MR) is 620 cm³/mol. The van der Waals surface area contributed by atoms with Crippen LogP contribution in [0.4, 0.5) is 0 Å². The number of rotatable bonds is 30. The lowest BCUT2D eigenvalue weighted by Crippen LogP contribution is -2.39. The van der Waals surface area contributed by atoms with Crippen LogP contribution >= 0.6 is 63.4 Å². The van der Waals surface area contributed by atoms with Crippen LogP contribution in [-0.4, -0.2) is 45.8 Å². The van der Waals surface area contributed by atoms with Crippen molar-refractivity contribution in [2.45, 2.75) is 170 Å². The summed E-state index contributed by atoms with van der Waals surface area (Å²) in [7, 11) is -3.14. The van der Waals surface area contributed by atoms with Gasteiger partial charge in [-0.2, -0.15) is 0 Å². The minimum absolute atomic E-state index is 0.341. The first-order chi connectivity index (χ1) is 68.4. The largest absolute Gasteiger partial charge is 0.0622 e. The molecule has 5 saturated carbocycles. The summed E-state index contributed by atoms with van der Waals surface area (Å²) in [5.41, 5.74) is 5.03. The molecule has 21 rings (SSSR count). The van der Waals surface area contributed by atoms with Crippen molar-refractivity contribution in [2.75, 3.05) is 6.16 Å². The van der Waals surface area contributed by atoms with E-state index < -0.39 is 39.6 Å². The van der Waals surface area contributed by atoms with E-state index in [-0.39, 0.29) is 23.8 Å². The van der Waals surface area contributed by atoms with Gasteiger partial charge in [-0.1, -0.05) is 551 Å². The van der Waals surface area contributed by atoms with E-state index in [0.29, 0.717) is 17.2 Å². The van der Waals surface area contributed by atoms with E-state index in [4.69, 9.17) is 0 Å². The van der Waals surface area contributed by atoms with Crippen molar-refractivity contribution in [1.82, 2.24) is 0 Å². The minimum Gasteiger partial charge on any atom is -0.0622 e. The molecule has 0 amide bonds. The van der Waals surface area contributed by atoms with Crippen molar-refractivity contribution < 1.29 is 0 Å². The summed E-state index contributed by atoms with van der Waals surface area (Å²) in [4.78, 5) is 0. The summed E-state index contributed by atoms with van der Waals surface area (Å²) in [6.07, 6.45) is 24.7. The van der Waals surface area contributed by atoms with E-state index in [0.717, 1.165) is 57.9 Å². The Morgan fingerprint density at radius 2 is 0.406 bits per heavy atom. The molecule has 16 aromatic carbocycles. The van der Waals surface area contributed by atoms with Crippen LogP contribution in [0.5, 0.6) is 0 Å². The molecule has 5 fully saturated rings. The molecule has 0 spiro atoms. The zero-order valence-corrected chi connectivity index (χ0v) is 88.2. The lowest BCUT2D eigenvalue weighted by molar-refractivity contribution is 0.300. The number of hydrogen-bond donors (Lipinski definition) is 0. The van der Waals surface area contributed by atoms with Gasteiger partial charge in [0, 0.05) is 0 Å². The molecule has 7 unspecified atom stereocenters. The maximum atomic E-state index is 2.55. The topological polar surface area (TPSA) is 0 Å². The van der Waals surface area contributed by atoms with Crippen molar-refractivity contribution in [3.8, 4) is 0 Å². The normalized spacial score (nSPS) is 19.4. The van der Waals surface area contributed by atoms with Gasteiger partial charge in [0.2, 0.25) is 0 Å². The molecule has 0 aliphatic heterocycles. The highest BCUT2D eigenvalue weighted by Gasteiger charge is 2.49. The average molecular weight is 1950 g/mol. The molecule has 138 heavy (non-hydrogen) atoms. The minimum atomic E-state index is -0.444. The first-order valence-electron chi connectivity index (χ1n) is 51.5. The van der Waals surface area contributed by atoms with Gasteiger partial charge in [-0.15, -0.1) is 0 Å². The van der Waals surface area contributed by atoms with Crippen LogP contribution in [0.25, 0.3) is 0 Å². The molecule has 8 heteroatoms. The molecule has 0 N–H and O–H groups in total. The van der Waals surface area contributed by atoms with Crippen molar-refractivity contribution in [3.63, 3.8) is 0 Å². The summed E-state index contributed by atoms with van der Waals surface area (Å²) in [6, 6.07) is 182. The average Bonchev–Trinajstić information content (AvgIpc) is 1.41. The first-order valence-corrected chi connectivity index (χ1v) is 62.9. The van der Waals surface area contributed by atoms with Crippen LogP contribution in [0, 0.1) is 35.5 Å². The zero-order chi connectivity index (χ0) is 93.7. The Morgan fingerprint density at radius 3 is 0.696 bits per heavy atom. The highest BCUT2D eigenvalue weighted by molar-refractivity contribution is 7.77. The molecule has 0 aromatic heterocycles. The fraction of sp³-hybridized carbons (Fsp3) is 0.262. The van der Waals surface area contributed by atoms with Gasteiger partial charge in [-0.05, 0) is 294 Å². The van der Waals surface area contributed by atoms with E-state index in [2.05, 4.69) is 506 Å². The second kappa shape index (κ2) is 51.6. The quantitative estimate of drug-likeness (QED) is 0.0394. The lowest BCUT2D eigenvalue weighted by Gasteiger charge is -2.44. The van der Waals surface area contributed by atoms with Crippen LogP contribution in [-0.2, 0) is 0 Å². The maximum Gasteiger partial charge on any atom is -0.00659 e. The highest BCUT2D eigenvalue weighted by Crippen LogP contribution is 2.63. The van der Waals surface area contributed by atoms with Gasteiger partial charge in [-0.3, -0.25) is 0 Å². The van der Waals surface area contributed by atoms with Crippen LogP contribution in [0.3, 0.4) is 0 Å². The maximum absolute atomic E-state index is 2.55. The van der Waals surface area contributed by atoms with Crippen molar-refractivity contribution in [2.24, 2.45) is 35.5 Å². The second-order valence-electron chi connectivity index (χ2n) is 38.7. The fourth-order valence-corrected chi connectivity index (χ4v) is 49.8. The van der Waals surface area contributed by atoms with Crippen LogP contribution in [0.2, 0.25) is 0 Å². The van der Waals surface area contributed by atoms with E-state index in [1.165, 1.54) is 179 Å². The lowest BCUT2D eigenvalue weighted by atomic mass is 9.81. The van der Waals surface area contributed by atoms with Gasteiger partial charge < -0.3 is 0 Å². The molecule has 698 valence electrons. The summed E-state index contributed by atoms with van der Waals surface area (Å²) in [6.45, 7) is 7.52. The predicted octanol–water partition coefficient (Wildman–Crippen LogP) is 29.0. The Bertz CT molecular complexity index is 5800. The van der Waals surface area contributed by atoms with Gasteiger partial charge >= 0.3 is 0 Å². The Labute approximate surface area is 838 Å². The Kier molecular flexibility index (Phi) is 37.0. The van der Waals surface area contributed by atoms with Gasteiger partial charge in [-0.25, -0.2) is 0 Å². The van der Waals surface area contributed by atoms with Crippen molar-refractivity contribution >= 4 is 148 Å². The standard InChI is InChI=1S/C36H40P2.C33H36P2.C31H32P2.C30H30P2/c1-6-17-29(18-7-1)36(38(32-23-12-4-13-24-32)33-25-14-5-15-26-33)34-27-16-28-35(34)37(30-19-8-2-9-20-30)31-21-10-3-11-22-31;1-26(2)33(35(29-20-11-5-12-21-29)30-22-13-6-14-23-30)31-24-15-25-32(31)34(27-16-7-3-8-17-27)28-18-9-4-10-19-28;1-25(32(26-15-6-2-7-16-26)27-17-8-3-9-18-27)30-23-14-24-31(30)33(28-19-10-4-11-20-28)29-21-12-5-13-22-29;1-5-15-26(16-6-1)31(27-17-7-2-8-18-27)24-25-14-13-23-30(25)32(28-19-9-3-10-20-28)29-21-11-4-12-22-29/h2-5,8-15,19-26,29,34-36H,1,6-7,16-18,27-28H2;3-14,16-23,26,31-33H,15,24-25H2,1-2H3;2-13,15-22,25,30-31H,14,23-24H2,1H3;1-12,15-22,25,30H,13-14,23-24H2/t34-,35?,36?;31-,32?,33?;25?,30-,31?;25-,30?/m0011/s1. The molecule has 5 aliphatic rings. The number of benzene rings is 16. The third kappa shape index (κ3) is 25.2. The summed E-state index contributed by atoms with van der Waals surface area (Å²) in [5.74, 6) is 4.49. The van der Waals surface area contributed by atoms with Crippen LogP contribution in [0.15, 0.2) is 485 Å².